The van der Waals surface area contributed by atoms with Gasteiger partial charge in [0.15, 0.2) is 0 Å². The minimum atomic E-state index is -0.761. The predicted molar refractivity (Wildman–Crippen MR) is 139 cm³/mol. The van der Waals surface area contributed by atoms with Crippen LogP contribution >= 0.6 is 0 Å². The van der Waals surface area contributed by atoms with Crippen molar-refractivity contribution in [1.82, 2.24) is 10.6 Å². The molecule has 1 aromatic carbocycles. The Hall–Kier alpha value is -2.32. The zero-order valence-electron chi connectivity index (χ0n) is 22.1. The fourth-order valence-corrected chi connectivity index (χ4v) is 5.05. The molecule has 8 heteroatoms. The van der Waals surface area contributed by atoms with E-state index in [9.17, 15) is 9.59 Å². The molecule has 1 amide bonds. The van der Waals surface area contributed by atoms with Crippen LogP contribution in [0.15, 0.2) is 24.3 Å². The van der Waals surface area contributed by atoms with Gasteiger partial charge in [0, 0.05) is 12.5 Å². The first-order valence-corrected chi connectivity index (χ1v) is 13.5. The Morgan fingerprint density at radius 1 is 1.08 bits per heavy atom. The van der Waals surface area contributed by atoms with Gasteiger partial charge in [-0.15, -0.1) is 0 Å². The second kappa shape index (κ2) is 13.8. The Morgan fingerprint density at radius 2 is 1.83 bits per heavy atom. The van der Waals surface area contributed by atoms with E-state index in [1.807, 2.05) is 32.9 Å². The van der Waals surface area contributed by atoms with Crippen LogP contribution in [0.1, 0.15) is 90.0 Å². The van der Waals surface area contributed by atoms with E-state index in [1.54, 1.807) is 0 Å². The average molecular weight is 505 g/mol. The summed E-state index contributed by atoms with van der Waals surface area (Å²) in [6.07, 6.45) is 7.41. The minimum absolute atomic E-state index is 0.00413. The molecule has 0 aromatic heterocycles. The van der Waals surface area contributed by atoms with Crippen molar-refractivity contribution in [2.24, 2.45) is 0 Å². The number of benzene rings is 1. The van der Waals surface area contributed by atoms with E-state index >= 15 is 0 Å². The van der Waals surface area contributed by atoms with Gasteiger partial charge in [-0.2, -0.15) is 0 Å². The summed E-state index contributed by atoms with van der Waals surface area (Å²) in [5.74, 6) is 0.595. The number of para-hydroxylation sites is 1. The number of hydrogen-bond acceptors (Lipinski definition) is 6. The summed E-state index contributed by atoms with van der Waals surface area (Å²) in [6.45, 7) is 7.66. The summed E-state index contributed by atoms with van der Waals surface area (Å²) >= 11 is 0. The number of amides is 1. The molecule has 1 aromatic rings. The third kappa shape index (κ3) is 9.62. The predicted octanol–water partition coefficient (Wildman–Crippen LogP) is 5.01. The van der Waals surface area contributed by atoms with Crippen LogP contribution in [0.4, 0.5) is 4.79 Å². The van der Waals surface area contributed by atoms with Crippen LogP contribution in [0.25, 0.3) is 0 Å². The Kier molecular flexibility index (Phi) is 10.9. The first kappa shape index (κ1) is 28.3. The molecule has 1 aliphatic carbocycles. The van der Waals surface area contributed by atoms with E-state index in [4.69, 9.17) is 19.3 Å². The molecular weight excluding hydrogens is 460 g/mol. The highest BCUT2D eigenvalue weighted by Gasteiger charge is 2.30. The molecule has 202 valence electrons. The molecule has 1 heterocycles. The number of piperidine rings is 1. The third-order valence-corrected chi connectivity index (χ3v) is 6.87. The van der Waals surface area contributed by atoms with Crippen molar-refractivity contribution in [3.05, 3.63) is 29.8 Å². The van der Waals surface area contributed by atoms with Gasteiger partial charge in [-0.1, -0.05) is 18.2 Å². The largest absolute Gasteiger partial charge is 0.493 e. The molecular formula is C28H44N2O6. The number of aliphatic carboxylic acids is 1. The SMILES string of the molecule is CC(C)(C)OC(=O)N[C@H]1CCCN[C@H]1COC1CCC(c2ccccc2OCCCCC(=O)O)CC1. The molecule has 2 aliphatic rings. The van der Waals surface area contributed by atoms with E-state index in [-0.39, 0.29) is 30.7 Å². The number of alkyl carbamates (subject to hydrolysis) is 1. The fraction of sp³-hybridized carbons (Fsp3) is 0.714. The standard InChI is InChI=1S/C28H44N2O6/c1-28(2,3)36-27(33)30-23-10-8-17-29-24(23)19-35-21-15-13-20(14-16-21)22-9-4-5-11-25(22)34-18-7-6-12-26(31)32/h4-5,9,11,20-21,23-24,29H,6-8,10,12-19H2,1-3H3,(H,30,33)(H,31,32)/t20?,21?,23-,24-/m0/s1. The van der Waals surface area contributed by atoms with Crippen molar-refractivity contribution in [2.45, 2.75) is 108 Å². The molecule has 3 rings (SSSR count). The monoisotopic (exact) mass is 504 g/mol. The van der Waals surface area contributed by atoms with Crippen LogP contribution in [0, 0.1) is 0 Å². The average Bonchev–Trinajstić information content (AvgIpc) is 2.82. The van der Waals surface area contributed by atoms with Crippen molar-refractivity contribution in [2.75, 3.05) is 19.8 Å². The maximum atomic E-state index is 12.3. The third-order valence-electron chi connectivity index (χ3n) is 6.87. The minimum Gasteiger partial charge on any atom is -0.493 e. The molecule has 3 N–H and O–H groups in total. The fourth-order valence-electron chi connectivity index (χ4n) is 5.05. The highest BCUT2D eigenvalue weighted by molar-refractivity contribution is 5.68. The van der Waals surface area contributed by atoms with E-state index in [2.05, 4.69) is 22.8 Å². The van der Waals surface area contributed by atoms with Gasteiger partial charge in [0.2, 0.25) is 0 Å². The second-order valence-electron chi connectivity index (χ2n) is 11.0. The summed E-state index contributed by atoms with van der Waals surface area (Å²) in [6, 6.07) is 8.30. The van der Waals surface area contributed by atoms with Crippen molar-refractivity contribution >= 4 is 12.1 Å². The molecule has 2 atom stereocenters. The zero-order valence-corrected chi connectivity index (χ0v) is 22.1. The normalized spacial score (nSPS) is 24.6. The number of unbranched alkanes of at least 4 members (excludes halogenated alkanes) is 1. The molecule has 0 radical (unpaired) electrons. The number of rotatable bonds is 11. The van der Waals surface area contributed by atoms with Crippen molar-refractivity contribution < 1.29 is 28.9 Å². The number of ether oxygens (including phenoxy) is 3. The van der Waals surface area contributed by atoms with Gasteiger partial charge in [0.1, 0.15) is 11.4 Å². The van der Waals surface area contributed by atoms with Crippen molar-refractivity contribution in [1.29, 1.82) is 0 Å². The van der Waals surface area contributed by atoms with E-state index in [0.29, 0.717) is 25.6 Å². The molecule has 0 unspecified atom stereocenters. The lowest BCUT2D eigenvalue weighted by molar-refractivity contribution is -0.137. The van der Waals surface area contributed by atoms with Gasteiger partial charge in [0.05, 0.1) is 25.4 Å². The molecule has 1 aliphatic heterocycles. The Morgan fingerprint density at radius 3 is 2.56 bits per heavy atom. The number of carboxylic acid groups (broad SMARTS) is 1. The molecule has 1 saturated heterocycles. The van der Waals surface area contributed by atoms with Gasteiger partial charge in [0.25, 0.3) is 0 Å². The van der Waals surface area contributed by atoms with Crippen LogP contribution in [0.2, 0.25) is 0 Å². The summed E-state index contributed by atoms with van der Waals surface area (Å²) in [5, 5.41) is 15.3. The van der Waals surface area contributed by atoms with Crippen LogP contribution in [0.3, 0.4) is 0 Å². The molecule has 0 bridgehead atoms. The van der Waals surface area contributed by atoms with Crippen LogP contribution in [-0.2, 0) is 14.3 Å². The topological polar surface area (TPSA) is 106 Å². The Bertz CT molecular complexity index is 832. The number of carboxylic acids is 1. The highest BCUT2D eigenvalue weighted by atomic mass is 16.6. The van der Waals surface area contributed by atoms with Gasteiger partial charge in [-0.3, -0.25) is 4.79 Å². The van der Waals surface area contributed by atoms with Crippen molar-refractivity contribution in [3.63, 3.8) is 0 Å². The first-order valence-electron chi connectivity index (χ1n) is 13.5. The van der Waals surface area contributed by atoms with Gasteiger partial charge in [-0.05, 0) is 96.2 Å². The number of carbonyl (C=O) groups excluding carboxylic acids is 1. The van der Waals surface area contributed by atoms with E-state index in [0.717, 1.165) is 57.2 Å². The smallest absolute Gasteiger partial charge is 0.407 e. The van der Waals surface area contributed by atoms with Gasteiger partial charge >= 0.3 is 12.1 Å². The first-order chi connectivity index (χ1) is 17.2. The van der Waals surface area contributed by atoms with Crippen LogP contribution in [-0.4, -0.2) is 60.7 Å². The lowest BCUT2D eigenvalue weighted by Gasteiger charge is -2.36. The Balaban J connectivity index is 1.43. The van der Waals surface area contributed by atoms with E-state index in [1.165, 1.54) is 5.56 Å². The van der Waals surface area contributed by atoms with E-state index < -0.39 is 11.6 Å². The molecule has 36 heavy (non-hydrogen) atoms. The van der Waals surface area contributed by atoms with Crippen LogP contribution in [0.5, 0.6) is 5.75 Å². The number of hydrogen-bond donors (Lipinski definition) is 3. The molecule has 8 nitrogen and oxygen atoms in total. The van der Waals surface area contributed by atoms with Crippen molar-refractivity contribution in [3.8, 4) is 5.75 Å². The van der Waals surface area contributed by atoms with Gasteiger partial charge < -0.3 is 30.0 Å². The maximum Gasteiger partial charge on any atom is 0.407 e. The number of nitrogens with one attached hydrogen (secondary N) is 2. The molecule has 2 fully saturated rings. The van der Waals surface area contributed by atoms with Gasteiger partial charge in [-0.25, -0.2) is 4.79 Å². The molecule has 0 spiro atoms. The summed E-state index contributed by atoms with van der Waals surface area (Å²) < 4.78 is 17.8. The maximum absolute atomic E-state index is 12.3. The summed E-state index contributed by atoms with van der Waals surface area (Å²) in [7, 11) is 0. The molecule has 1 saturated carbocycles. The zero-order chi connectivity index (χ0) is 26.0. The summed E-state index contributed by atoms with van der Waals surface area (Å²) in [4.78, 5) is 22.9. The Labute approximate surface area is 215 Å². The lowest BCUT2D eigenvalue weighted by Crippen LogP contribution is -2.56. The highest BCUT2D eigenvalue weighted by Crippen LogP contribution is 2.38. The summed E-state index contributed by atoms with van der Waals surface area (Å²) in [5.41, 5.74) is 0.727. The quantitative estimate of drug-likeness (QED) is 0.364. The van der Waals surface area contributed by atoms with Crippen LogP contribution < -0.4 is 15.4 Å². The lowest BCUT2D eigenvalue weighted by atomic mass is 9.82. The number of carbonyl (C=O) groups is 2. The second-order valence-corrected chi connectivity index (χ2v) is 11.0.